The summed E-state index contributed by atoms with van der Waals surface area (Å²) in [7, 11) is 0. The average molecular weight is 433 g/mol. The van der Waals surface area contributed by atoms with Gasteiger partial charge in [-0.25, -0.2) is 4.39 Å². The van der Waals surface area contributed by atoms with E-state index in [0.717, 1.165) is 16.7 Å². The van der Waals surface area contributed by atoms with E-state index in [9.17, 15) is 9.18 Å². The van der Waals surface area contributed by atoms with Crippen LogP contribution in [-0.4, -0.2) is 26.4 Å². The molecule has 4 aromatic rings. The maximum Gasteiger partial charge on any atom is 0.230 e. The largest absolute Gasteiger partial charge is 0.351 e. The van der Waals surface area contributed by atoms with Gasteiger partial charge in [-0.05, 0) is 35.4 Å². The summed E-state index contributed by atoms with van der Waals surface area (Å²) >= 11 is 1.33. The summed E-state index contributed by atoms with van der Waals surface area (Å²) in [6.07, 6.45) is 0. The van der Waals surface area contributed by atoms with E-state index in [-0.39, 0.29) is 17.5 Å². The SMILES string of the molecule is O=C(CSc1nnc(-c2ccc(F)cc2)n1Cc1ccccc1)NCc1ccccc1. The van der Waals surface area contributed by atoms with Crippen LogP contribution >= 0.6 is 11.8 Å². The molecule has 7 heteroatoms. The van der Waals surface area contributed by atoms with Gasteiger partial charge in [0.15, 0.2) is 11.0 Å². The first-order valence-electron chi connectivity index (χ1n) is 9.85. The first kappa shape index (κ1) is 20.8. The molecule has 1 N–H and O–H groups in total. The summed E-state index contributed by atoms with van der Waals surface area (Å²) in [6.45, 7) is 1.03. The summed E-state index contributed by atoms with van der Waals surface area (Å²) in [5, 5.41) is 12.2. The van der Waals surface area contributed by atoms with E-state index in [0.29, 0.717) is 24.1 Å². The Kier molecular flexibility index (Phi) is 6.74. The third-order valence-electron chi connectivity index (χ3n) is 4.67. The maximum absolute atomic E-state index is 13.4. The Hall–Kier alpha value is -3.45. The number of aromatic nitrogens is 3. The lowest BCUT2D eigenvalue weighted by Gasteiger charge is -2.11. The number of hydrogen-bond donors (Lipinski definition) is 1. The van der Waals surface area contributed by atoms with Crippen molar-refractivity contribution >= 4 is 17.7 Å². The van der Waals surface area contributed by atoms with Crippen LogP contribution in [0.1, 0.15) is 11.1 Å². The molecule has 0 bridgehead atoms. The average Bonchev–Trinajstić information content (AvgIpc) is 3.20. The van der Waals surface area contributed by atoms with Gasteiger partial charge >= 0.3 is 0 Å². The van der Waals surface area contributed by atoms with Gasteiger partial charge in [0.05, 0.1) is 12.3 Å². The number of benzene rings is 3. The van der Waals surface area contributed by atoms with Crippen LogP contribution in [0.4, 0.5) is 4.39 Å². The maximum atomic E-state index is 13.4. The number of nitrogens with zero attached hydrogens (tertiary/aromatic N) is 3. The Morgan fingerprint density at radius 1 is 0.871 bits per heavy atom. The van der Waals surface area contributed by atoms with Gasteiger partial charge in [-0.15, -0.1) is 10.2 Å². The molecule has 31 heavy (non-hydrogen) atoms. The van der Waals surface area contributed by atoms with Gasteiger partial charge in [-0.1, -0.05) is 72.4 Å². The quantitative estimate of drug-likeness (QED) is 0.415. The fourth-order valence-electron chi connectivity index (χ4n) is 3.09. The third-order valence-corrected chi connectivity index (χ3v) is 5.63. The highest BCUT2D eigenvalue weighted by molar-refractivity contribution is 7.99. The van der Waals surface area contributed by atoms with Crippen LogP contribution in [0.3, 0.4) is 0 Å². The van der Waals surface area contributed by atoms with E-state index in [1.165, 1.54) is 23.9 Å². The first-order valence-corrected chi connectivity index (χ1v) is 10.8. The van der Waals surface area contributed by atoms with Gasteiger partial charge < -0.3 is 5.32 Å². The molecule has 0 spiro atoms. The van der Waals surface area contributed by atoms with Crippen LogP contribution in [0.15, 0.2) is 90.1 Å². The van der Waals surface area contributed by atoms with Gasteiger partial charge in [-0.3, -0.25) is 9.36 Å². The summed E-state index contributed by atoms with van der Waals surface area (Å²) in [6, 6.07) is 25.9. The molecule has 1 aromatic heterocycles. The summed E-state index contributed by atoms with van der Waals surface area (Å²) < 4.78 is 15.3. The lowest BCUT2D eigenvalue weighted by molar-refractivity contribution is -0.118. The van der Waals surface area contributed by atoms with Crippen LogP contribution in [0.2, 0.25) is 0 Å². The first-order chi connectivity index (χ1) is 15.2. The number of carbonyl (C=O) groups excluding carboxylic acids is 1. The predicted molar refractivity (Wildman–Crippen MR) is 120 cm³/mol. The fourth-order valence-corrected chi connectivity index (χ4v) is 3.86. The van der Waals surface area contributed by atoms with Crippen LogP contribution < -0.4 is 5.32 Å². The Bertz CT molecular complexity index is 1130. The number of halogens is 1. The van der Waals surface area contributed by atoms with Crippen molar-refractivity contribution in [3.63, 3.8) is 0 Å². The minimum absolute atomic E-state index is 0.0774. The highest BCUT2D eigenvalue weighted by Gasteiger charge is 2.16. The fraction of sp³-hybridized carbons (Fsp3) is 0.125. The lowest BCUT2D eigenvalue weighted by Crippen LogP contribution is -2.24. The highest BCUT2D eigenvalue weighted by atomic mass is 32.2. The van der Waals surface area contributed by atoms with Gasteiger partial charge in [0, 0.05) is 12.1 Å². The molecule has 1 heterocycles. The molecule has 4 rings (SSSR count). The summed E-state index contributed by atoms with van der Waals surface area (Å²) in [4.78, 5) is 12.3. The molecule has 0 aliphatic heterocycles. The second-order valence-electron chi connectivity index (χ2n) is 6.94. The Labute approximate surface area is 184 Å². The molecule has 0 aliphatic rings. The zero-order chi connectivity index (χ0) is 21.5. The molecular weight excluding hydrogens is 411 g/mol. The van der Waals surface area contributed by atoms with E-state index in [4.69, 9.17) is 0 Å². The topological polar surface area (TPSA) is 59.8 Å². The summed E-state index contributed by atoms with van der Waals surface area (Å²) in [5.41, 5.74) is 2.90. The Morgan fingerprint density at radius 3 is 2.19 bits per heavy atom. The number of amides is 1. The van der Waals surface area contributed by atoms with Crippen molar-refractivity contribution in [2.75, 3.05) is 5.75 Å². The van der Waals surface area contributed by atoms with E-state index in [1.807, 2.05) is 65.2 Å². The van der Waals surface area contributed by atoms with Crippen molar-refractivity contribution in [2.45, 2.75) is 18.2 Å². The zero-order valence-corrected chi connectivity index (χ0v) is 17.6. The van der Waals surface area contributed by atoms with Gasteiger partial charge in [-0.2, -0.15) is 0 Å². The second-order valence-corrected chi connectivity index (χ2v) is 7.88. The number of nitrogens with one attached hydrogen (secondary N) is 1. The van der Waals surface area contributed by atoms with Crippen molar-refractivity contribution in [1.82, 2.24) is 20.1 Å². The van der Waals surface area contributed by atoms with E-state index < -0.39 is 0 Å². The highest BCUT2D eigenvalue weighted by Crippen LogP contribution is 2.25. The molecular formula is C24H21FN4OS. The van der Waals surface area contributed by atoms with Crippen LogP contribution in [-0.2, 0) is 17.9 Å². The molecule has 5 nitrogen and oxygen atoms in total. The monoisotopic (exact) mass is 432 g/mol. The van der Waals surface area contributed by atoms with E-state index in [1.54, 1.807) is 12.1 Å². The van der Waals surface area contributed by atoms with E-state index in [2.05, 4.69) is 15.5 Å². The third kappa shape index (κ3) is 5.58. The predicted octanol–water partition coefficient (Wildman–Crippen LogP) is 4.54. The molecule has 156 valence electrons. The van der Waals surface area contributed by atoms with Crippen molar-refractivity contribution in [2.24, 2.45) is 0 Å². The minimum atomic E-state index is -0.303. The molecule has 0 atom stereocenters. The summed E-state index contributed by atoms with van der Waals surface area (Å²) in [5.74, 6) is 0.480. The van der Waals surface area contributed by atoms with Gasteiger partial charge in [0.1, 0.15) is 5.82 Å². The van der Waals surface area contributed by atoms with Crippen LogP contribution in [0, 0.1) is 5.82 Å². The molecule has 0 unspecified atom stereocenters. The zero-order valence-electron chi connectivity index (χ0n) is 16.7. The molecule has 3 aromatic carbocycles. The number of thioether (sulfide) groups is 1. The van der Waals surface area contributed by atoms with Crippen LogP contribution in [0.5, 0.6) is 0 Å². The molecule has 0 saturated carbocycles. The molecule has 0 aliphatic carbocycles. The van der Waals surface area contributed by atoms with E-state index >= 15 is 0 Å². The molecule has 0 radical (unpaired) electrons. The van der Waals surface area contributed by atoms with Crippen molar-refractivity contribution in [3.05, 3.63) is 102 Å². The van der Waals surface area contributed by atoms with Crippen molar-refractivity contribution in [3.8, 4) is 11.4 Å². The standard InChI is InChI=1S/C24H21FN4OS/c25-21-13-11-20(12-14-21)23-27-28-24(29(23)16-19-9-5-2-6-10-19)31-17-22(30)26-15-18-7-3-1-4-8-18/h1-14H,15-17H2,(H,26,30). The lowest BCUT2D eigenvalue weighted by atomic mass is 10.2. The Balaban J connectivity index is 1.49. The smallest absolute Gasteiger partial charge is 0.230 e. The number of rotatable bonds is 8. The number of carbonyl (C=O) groups is 1. The van der Waals surface area contributed by atoms with Gasteiger partial charge in [0.2, 0.25) is 5.91 Å². The van der Waals surface area contributed by atoms with Crippen molar-refractivity contribution in [1.29, 1.82) is 0 Å². The molecule has 1 amide bonds. The van der Waals surface area contributed by atoms with Gasteiger partial charge in [0.25, 0.3) is 0 Å². The number of hydrogen-bond acceptors (Lipinski definition) is 4. The minimum Gasteiger partial charge on any atom is -0.351 e. The normalized spacial score (nSPS) is 10.7. The van der Waals surface area contributed by atoms with Crippen LogP contribution in [0.25, 0.3) is 11.4 Å². The second kappa shape index (κ2) is 10.0. The molecule has 0 saturated heterocycles. The molecule has 0 fully saturated rings. The Morgan fingerprint density at radius 2 is 1.52 bits per heavy atom. The van der Waals surface area contributed by atoms with Crippen molar-refractivity contribution < 1.29 is 9.18 Å².